The molecule has 0 aliphatic heterocycles. The van der Waals surface area contributed by atoms with E-state index in [1.807, 2.05) is 26.0 Å². The molecule has 0 aliphatic carbocycles. The van der Waals surface area contributed by atoms with Crippen molar-refractivity contribution in [1.82, 2.24) is 4.72 Å². The van der Waals surface area contributed by atoms with Crippen molar-refractivity contribution < 1.29 is 17.9 Å². The van der Waals surface area contributed by atoms with Gasteiger partial charge in [-0.15, -0.1) is 0 Å². The molecule has 124 valence electrons. The topological polar surface area (TPSA) is 64.6 Å². The number of methoxy groups -OCH3 is 1. The molecule has 0 spiro atoms. The fourth-order valence-electron chi connectivity index (χ4n) is 2.04. The van der Waals surface area contributed by atoms with Crippen LogP contribution in [-0.2, 0) is 10.0 Å². The van der Waals surface area contributed by atoms with E-state index in [1.54, 1.807) is 37.4 Å². The average molecular weight is 335 g/mol. The van der Waals surface area contributed by atoms with Crippen molar-refractivity contribution in [2.45, 2.75) is 18.7 Å². The van der Waals surface area contributed by atoms with Gasteiger partial charge in [-0.3, -0.25) is 0 Å². The van der Waals surface area contributed by atoms with Crippen molar-refractivity contribution >= 4 is 10.0 Å². The lowest BCUT2D eigenvalue weighted by atomic mass is 10.1. The van der Waals surface area contributed by atoms with Gasteiger partial charge in [0.25, 0.3) is 0 Å². The minimum Gasteiger partial charge on any atom is -0.493 e. The normalized spacial score (nSPS) is 11.3. The molecule has 0 saturated heterocycles. The summed E-state index contributed by atoms with van der Waals surface area (Å²) < 4.78 is 37.7. The van der Waals surface area contributed by atoms with Crippen LogP contribution in [0.25, 0.3) is 0 Å². The highest BCUT2D eigenvalue weighted by Crippen LogP contribution is 2.25. The molecule has 0 aliphatic rings. The Morgan fingerprint density at radius 1 is 1.00 bits per heavy atom. The molecular formula is C17H21NO4S. The van der Waals surface area contributed by atoms with Crippen LogP contribution in [0.15, 0.2) is 47.4 Å². The summed E-state index contributed by atoms with van der Waals surface area (Å²) in [5, 5.41) is 0. The lowest BCUT2D eigenvalue weighted by Crippen LogP contribution is -2.28. The summed E-state index contributed by atoms with van der Waals surface area (Å²) in [7, 11) is -1.97. The molecule has 2 aromatic carbocycles. The average Bonchev–Trinajstić information content (AvgIpc) is 2.54. The molecule has 5 nitrogen and oxygen atoms in total. The molecule has 0 fully saturated rings. The van der Waals surface area contributed by atoms with Gasteiger partial charge in [0.05, 0.1) is 12.0 Å². The zero-order valence-electron chi connectivity index (χ0n) is 13.5. The first-order valence-electron chi connectivity index (χ1n) is 7.27. The second-order valence-corrected chi connectivity index (χ2v) is 6.91. The largest absolute Gasteiger partial charge is 0.493 e. The smallest absolute Gasteiger partial charge is 0.240 e. The molecule has 2 aromatic rings. The Morgan fingerprint density at radius 3 is 2.35 bits per heavy atom. The lowest BCUT2D eigenvalue weighted by molar-refractivity contribution is 0.298. The highest BCUT2D eigenvalue weighted by Gasteiger charge is 2.14. The van der Waals surface area contributed by atoms with Crippen LogP contribution in [0, 0.1) is 13.8 Å². The van der Waals surface area contributed by atoms with Gasteiger partial charge in [0, 0.05) is 6.54 Å². The van der Waals surface area contributed by atoms with E-state index in [2.05, 4.69) is 4.72 Å². The summed E-state index contributed by atoms with van der Waals surface area (Å²) in [5.74, 6) is 1.20. The van der Waals surface area contributed by atoms with Gasteiger partial charge in [0.1, 0.15) is 6.61 Å². The van der Waals surface area contributed by atoms with Crippen LogP contribution >= 0.6 is 0 Å². The van der Waals surface area contributed by atoms with Crippen molar-refractivity contribution in [3.8, 4) is 11.5 Å². The van der Waals surface area contributed by atoms with Crippen molar-refractivity contribution in [3.63, 3.8) is 0 Å². The number of para-hydroxylation sites is 2. The minimum absolute atomic E-state index is 0.174. The van der Waals surface area contributed by atoms with Gasteiger partial charge in [0.15, 0.2) is 11.5 Å². The maximum atomic E-state index is 12.2. The van der Waals surface area contributed by atoms with Crippen LogP contribution in [-0.4, -0.2) is 28.7 Å². The molecule has 0 unspecified atom stereocenters. The van der Waals surface area contributed by atoms with Gasteiger partial charge < -0.3 is 9.47 Å². The Morgan fingerprint density at radius 2 is 1.70 bits per heavy atom. The Balaban J connectivity index is 1.93. The molecule has 0 saturated carbocycles. The maximum absolute atomic E-state index is 12.2. The zero-order chi connectivity index (χ0) is 16.9. The standard InChI is InChI=1S/C17H21NO4S/c1-13-8-9-15(12-14(13)2)23(19,20)18-10-11-22-17-7-5-4-6-16(17)21-3/h4-9,12,18H,10-11H2,1-3H3. The number of aryl methyl sites for hydroxylation is 2. The summed E-state index contributed by atoms with van der Waals surface area (Å²) in [4.78, 5) is 0.262. The molecule has 0 heterocycles. The molecule has 0 amide bonds. The molecule has 2 rings (SSSR count). The van der Waals surface area contributed by atoms with Crippen LogP contribution in [0.5, 0.6) is 11.5 Å². The zero-order valence-corrected chi connectivity index (χ0v) is 14.3. The van der Waals surface area contributed by atoms with Crippen LogP contribution in [0.1, 0.15) is 11.1 Å². The number of sulfonamides is 1. The Kier molecular flexibility index (Phi) is 5.63. The predicted octanol–water partition coefficient (Wildman–Crippen LogP) is 2.67. The number of hydrogen-bond acceptors (Lipinski definition) is 4. The SMILES string of the molecule is COc1ccccc1OCCNS(=O)(=O)c1ccc(C)c(C)c1. The van der Waals surface area contributed by atoms with Gasteiger partial charge in [-0.1, -0.05) is 18.2 Å². The second kappa shape index (κ2) is 7.48. The van der Waals surface area contributed by atoms with E-state index in [9.17, 15) is 8.42 Å². The van der Waals surface area contributed by atoms with E-state index in [0.717, 1.165) is 11.1 Å². The quantitative estimate of drug-likeness (QED) is 0.790. The summed E-state index contributed by atoms with van der Waals surface area (Å²) in [6.07, 6.45) is 0. The summed E-state index contributed by atoms with van der Waals surface area (Å²) in [6.45, 7) is 4.22. The first-order valence-corrected chi connectivity index (χ1v) is 8.75. The van der Waals surface area contributed by atoms with Crippen LogP contribution in [0.3, 0.4) is 0 Å². The van der Waals surface area contributed by atoms with Gasteiger partial charge in [-0.25, -0.2) is 13.1 Å². The monoisotopic (exact) mass is 335 g/mol. The third-order valence-electron chi connectivity index (χ3n) is 3.51. The van der Waals surface area contributed by atoms with Gasteiger partial charge in [-0.05, 0) is 49.2 Å². The molecule has 0 atom stereocenters. The fourth-order valence-corrected chi connectivity index (χ4v) is 3.14. The number of ether oxygens (including phenoxy) is 2. The van der Waals surface area contributed by atoms with Crippen molar-refractivity contribution in [2.24, 2.45) is 0 Å². The summed E-state index contributed by atoms with van der Waals surface area (Å²) in [5.41, 5.74) is 2.00. The summed E-state index contributed by atoms with van der Waals surface area (Å²) >= 11 is 0. The molecule has 6 heteroatoms. The lowest BCUT2D eigenvalue weighted by Gasteiger charge is -2.11. The van der Waals surface area contributed by atoms with E-state index in [4.69, 9.17) is 9.47 Å². The Hall–Kier alpha value is -2.05. The van der Waals surface area contributed by atoms with Crippen molar-refractivity contribution in [2.75, 3.05) is 20.3 Å². The van der Waals surface area contributed by atoms with Gasteiger partial charge >= 0.3 is 0 Å². The third-order valence-corrected chi connectivity index (χ3v) is 4.97. The van der Waals surface area contributed by atoms with E-state index < -0.39 is 10.0 Å². The van der Waals surface area contributed by atoms with E-state index >= 15 is 0 Å². The predicted molar refractivity (Wildman–Crippen MR) is 89.6 cm³/mol. The van der Waals surface area contributed by atoms with Crippen LogP contribution in [0.4, 0.5) is 0 Å². The summed E-state index contributed by atoms with van der Waals surface area (Å²) in [6, 6.07) is 12.3. The fraction of sp³-hybridized carbons (Fsp3) is 0.294. The highest BCUT2D eigenvalue weighted by molar-refractivity contribution is 7.89. The van der Waals surface area contributed by atoms with E-state index in [1.165, 1.54) is 0 Å². The molecule has 23 heavy (non-hydrogen) atoms. The molecular weight excluding hydrogens is 314 g/mol. The third kappa shape index (κ3) is 4.46. The Labute approximate surface area is 137 Å². The van der Waals surface area contributed by atoms with E-state index in [0.29, 0.717) is 11.5 Å². The number of rotatable bonds is 7. The Bertz CT molecular complexity index is 772. The molecule has 0 radical (unpaired) electrons. The maximum Gasteiger partial charge on any atom is 0.240 e. The van der Waals surface area contributed by atoms with Gasteiger partial charge in [-0.2, -0.15) is 0 Å². The van der Waals surface area contributed by atoms with Crippen molar-refractivity contribution in [1.29, 1.82) is 0 Å². The first kappa shape index (κ1) is 17.3. The van der Waals surface area contributed by atoms with Gasteiger partial charge in [0.2, 0.25) is 10.0 Å². The van der Waals surface area contributed by atoms with Crippen molar-refractivity contribution in [3.05, 3.63) is 53.6 Å². The number of benzene rings is 2. The highest BCUT2D eigenvalue weighted by atomic mass is 32.2. The second-order valence-electron chi connectivity index (χ2n) is 5.14. The van der Waals surface area contributed by atoms with Crippen LogP contribution < -0.4 is 14.2 Å². The number of nitrogens with one attached hydrogen (secondary N) is 1. The first-order chi connectivity index (χ1) is 10.9. The molecule has 1 N–H and O–H groups in total. The molecule has 0 aromatic heterocycles. The number of hydrogen-bond donors (Lipinski definition) is 1. The van der Waals surface area contributed by atoms with Crippen LogP contribution in [0.2, 0.25) is 0 Å². The van der Waals surface area contributed by atoms with E-state index in [-0.39, 0.29) is 18.0 Å². The minimum atomic E-state index is -3.53. The molecule has 0 bridgehead atoms.